The topological polar surface area (TPSA) is 29.1 Å². The molecular formula is C12H23NOS. The number of carbonyl (C=O) groups is 1. The van der Waals surface area contributed by atoms with Gasteiger partial charge in [0.25, 0.3) is 0 Å². The van der Waals surface area contributed by atoms with Crippen LogP contribution in [0.4, 0.5) is 0 Å². The Morgan fingerprint density at radius 2 is 2.27 bits per heavy atom. The summed E-state index contributed by atoms with van der Waals surface area (Å²) in [5, 5.41) is 3.35. The molecule has 88 valence electrons. The Hall–Kier alpha value is -0.0200. The molecule has 0 aromatic carbocycles. The molecule has 0 aromatic heterocycles. The van der Waals surface area contributed by atoms with Crippen LogP contribution in [0.2, 0.25) is 0 Å². The molecule has 1 aliphatic heterocycles. The van der Waals surface area contributed by atoms with Crippen molar-refractivity contribution in [3.05, 3.63) is 0 Å². The molecule has 0 spiro atoms. The molecule has 0 aromatic rings. The second-order valence-corrected chi connectivity index (χ2v) is 6.21. The van der Waals surface area contributed by atoms with Crippen molar-refractivity contribution in [2.24, 2.45) is 5.92 Å². The van der Waals surface area contributed by atoms with Crippen molar-refractivity contribution in [2.75, 3.05) is 18.8 Å². The van der Waals surface area contributed by atoms with E-state index in [1.807, 2.05) is 11.8 Å². The maximum Gasteiger partial charge on any atom is 0.150 e. The number of rotatable bonds is 5. The highest BCUT2D eigenvalue weighted by Crippen LogP contribution is 2.33. The first kappa shape index (κ1) is 13.0. The molecule has 1 fully saturated rings. The van der Waals surface area contributed by atoms with E-state index in [1.165, 1.54) is 0 Å². The summed E-state index contributed by atoms with van der Waals surface area (Å²) >= 11 is 1.86. The van der Waals surface area contributed by atoms with Gasteiger partial charge in [0.05, 0.1) is 4.75 Å². The van der Waals surface area contributed by atoms with Crippen LogP contribution >= 0.6 is 11.8 Å². The van der Waals surface area contributed by atoms with Crippen LogP contribution in [-0.4, -0.2) is 29.4 Å². The summed E-state index contributed by atoms with van der Waals surface area (Å²) in [6.07, 6.45) is 2.74. The molecule has 2 nitrogen and oxygen atoms in total. The van der Waals surface area contributed by atoms with Gasteiger partial charge in [-0.15, -0.1) is 11.8 Å². The lowest BCUT2D eigenvalue weighted by atomic mass is 9.93. The first-order valence-electron chi connectivity index (χ1n) is 5.98. The summed E-state index contributed by atoms with van der Waals surface area (Å²) in [7, 11) is 0. The van der Waals surface area contributed by atoms with Crippen molar-refractivity contribution >= 4 is 17.5 Å². The Morgan fingerprint density at radius 1 is 1.53 bits per heavy atom. The predicted octanol–water partition coefficient (Wildman–Crippen LogP) is 2.48. The fourth-order valence-corrected chi connectivity index (χ4v) is 3.22. The van der Waals surface area contributed by atoms with Crippen molar-refractivity contribution in [1.29, 1.82) is 0 Å². The number of hydrogen-bond acceptors (Lipinski definition) is 3. The van der Waals surface area contributed by atoms with E-state index in [4.69, 9.17) is 0 Å². The van der Waals surface area contributed by atoms with Crippen LogP contribution in [0.5, 0.6) is 0 Å². The molecule has 1 rings (SSSR count). The van der Waals surface area contributed by atoms with E-state index in [-0.39, 0.29) is 4.75 Å². The van der Waals surface area contributed by atoms with Crippen molar-refractivity contribution in [3.63, 3.8) is 0 Å². The quantitative estimate of drug-likeness (QED) is 0.785. The third kappa shape index (κ3) is 3.49. The van der Waals surface area contributed by atoms with Gasteiger partial charge in [0.1, 0.15) is 5.78 Å². The van der Waals surface area contributed by atoms with Gasteiger partial charge >= 0.3 is 0 Å². The van der Waals surface area contributed by atoms with Gasteiger partial charge in [0, 0.05) is 25.3 Å². The number of carbonyl (C=O) groups excluding carboxylic acids is 1. The first-order valence-corrected chi connectivity index (χ1v) is 6.97. The lowest BCUT2D eigenvalue weighted by Crippen LogP contribution is -2.49. The largest absolute Gasteiger partial charge is 0.314 e. The fourth-order valence-electron chi connectivity index (χ4n) is 1.91. The summed E-state index contributed by atoms with van der Waals surface area (Å²) in [6.45, 7) is 8.40. The highest BCUT2D eigenvalue weighted by Gasteiger charge is 2.37. The Bertz CT molecular complexity index is 210. The molecule has 0 aliphatic carbocycles. The normalized spacial score (nSPS) is 26.9. The first-order chi connectivity index (χ1) is 7.10. The minimum atomic E-state index is -0.118. The second kappa shape index (κ2) is 5.90. The van der Waals surface area contributed by atoms with Crippen LogP contribution in [0.1, 0.15) is 40.0 Å². The van der Waals surface area contributed by atoms with Crippen LogP contribution in [0.3, 0.4) is 0 Å². The maximum atomic E-state index is 12.2. The maximum absolute atomic E-state index is 12.2. The average molecular weight is 229 g/mol. The molecule has 0 amide bonds. The minimum Gasteiger partial charge on any atom is -0.314 e. The van der Waals surface area contributed by atoms with Crippen molar-refractivity contribution in [1.82, 2.24) is 5.32 Å². The van der Waals surface area contributed by atoms with Gasteiger partial charge in [0.15, 0.2) is 0 Å². The summed E-state index contributed by atoms with van der Waals surface area (Å²) in [6, 6.07) is 0. The number of nitrogens with one attached hydrogen (secondary N) is 1. The van der Waals surface area contributed by atoms with Gasteiger partial charge < -0.3 is 5.32 Å². The van der Waals surface area contributed by atoms with Gasteiger partial charge in [0.2, 0.25) is 0 Å². The van der Waals surface area contributed by atoms with Crippen LogP contribution in [0.25, 0.3) is 0 Å². The highest BCUT2D eigenvalue weighted by molar-refractivity contribution is 8.01. The number of ketones is 1. The van der Waals surface area contributed by atoms with E-state index in [1.54, 1.807) is 0 Å². The Labute approximate surface area is 97.6 Å². The second-order valence-electron chi connectivity index (χ2n) is 4.73. The summed E-state index contributed by atoms with van der Waals surface area (Å²) < 4.78 is -0.118. The van der Waals surface area contributed by atoms with Gasteiger partial charge in [-0.3, -0.25) is 4.79 Å². The molecule has 0 bridgehead atoms. The number of hydrogen-bond donors (Lipinski definition) is 1. The zero-order valence-corrected chi connectivity index (χ0v) is 11.0. The minimum absolute atomic E-state index is 0.118. The van der Waals surface area contributed by atoms with Crippen molar-refractivity contribution < 1.29 is 4.79 Å². The zero-order chi connectivity index (χ0) is 11.3. The van der Waals surface area contributed by atoms with Crippen LogP contribution < -0.4 is 5.32 Å². The molecule has 0 radical (unpaired) electrons. The summed E-state index contributed by atoms with van der Waals surface area (Å²) in [5.41, 5.74) is 0. The fraction of sp³-hybridized carbons (Fsp3) is 0.917. The molecule has 1 saturated heterocycles. The van der Waals surface area contributed by atoms with E-state index in [2.05, 4.69) is 26.1 Å². The van der Waals surface area contributed by atoms with E-state index >= 15 is 0 Å². The highest BCUT2D eigenvalue weighted by atomic mass is 32.2. The van der Waals surface area contributed by atoms with Crippen molar-refractivity contribution in [2.45, 2.75) is 44.8 Å². The predicted molar refractivity (Wildman–Crippen MR) is 67.4 cm³/mol. The Balaban J connectivity index is 2.52. The molecule has 0 saturated carbocycles. The van der Waals surface area contributed by atoms with Crippen LogP contribution in [0, 0.1) is 5.92 Å². The number of thioether (sulfide) groups is 1. The molecule has 1 N–H and O–H groups in total. The van der Waals surface area contributed by atoms with Gasteiger partial charge in [-0.1, -0.05) is 20.8 Å². The van der Waals surface area contributed by atoms with Crippen molar-refractivity contribution in [3.8, 4) is 0 Å². The third-order valence-corrected chi connectivity index (χ3v) is 4.72. The Kier molecular flexibility index (Phi) is 5.13. The SMILES string of the molecule is CCC1(C(=O)CCC(C)C)CNCCS1. The number of Topliss-reactive ketones (excluding diaryl/α,β-unsaturated/α-hetero) is 1. The molecule has 15 heavy (non-hydrogen) atoms. The van der Waals surface area contributed by atoms with E-state index in [0.29, 0.717) is 11.7 Å². The molecule has 1 atom stereocenters. The zero-order valence-electron chi connectivity index (χ0n) is 10.1. The summed E-state index contributed by atoms with van der Waals surface area (Å²) in [5.74, 6) is 2.15. The molecule has 1 aliphatic rings. The van der Waals surface area contributed by atoms with Crippen LogP contribution in [-0.2, 0) is 4.79 Å². The lowest BCUT2D eigenvalue weighted by Gasteiger charge is -2.35. The molecule has 1 heterocycles. The van der Waals surface area contributed by atoms with Gasteiger partial charge in [-0.05, 0) is 18.8 Å². The van der Waals surface area contributed by atoms with E-state index in [9.17, 15) is 4.79 Å². The Morgan fingerprint density at radius 3 is 2.73 bits per heavy atom. The van der Waals surface area contributed by atoms with Crippen LogP contribution in [0.15, 0.2) is 0 Å². The van der Waals surface area contributed by atoms with E-state index < -0.39 is 0 Å². The van der Waals surface area contributed by atoms with Gasteiger partial charge in [-0.2, -0.15) is 0 Å². The standard InChI is InChI=1S/C12H23NOS/c1-4-12(9-13-7-8-15-12)11(14)6-5-10(2)3/h10,13H,4-9H2,1-3H3. The lowest BCUT2D eigenvalue weighted by molar-refractivity contribution is -0.121. The molecular weight excluding hydrogens is 206 g/mol. The third-order valence-electron chi connectivity index (χ3n) is 3.10. The smallest absolute Gasteiger partial charge is 0.150 e. The monoisotopic (exact) mass is 229 g/mol. The molecule has 1 unspecified atom stereocenters. The average Bonchev–Trinajstić information content (AvgIpc) is 2.26. The summed E-state index contributed by atoms with van der Waals surface area (Å²) in [4.78, 5) is 12.2. The molecule has 3 heteroatoms. The van der Waals surface area contributed by atoms with Gasteiger partial charge in [-0.25, -0.2) is 0 Å². The van der Waals surface area contributed by atoms with E-state index in [0.717, 1.165) is 38.1 Å².